The fourth-order valence-electron chi connectivity index (χ4n) is 2.49. The zero-order valence-corrected chi connectivity index (χ0v) is 16.4. The third kappa shape index (κ3) is 5.15. The Kier molecular flexibility index (Phi) is 7.16. The van der Waals surface area contributed by atoms with E-state index in [0.717, 1.165) is 37.7 Å². The Balaban J connectivity index is 0.00000225. The molecule has 0 bridgehead atoms. The number of hydrogen-bond acceptors (Lipinski definition) is 6. The summed E-state index contributed by atoms with van der Waals surface area (Å²) in [4.78, 5) is 21.4. The van der Waals surface area contributed by atoms with Crippen LogP contribution in [0.3, 0.4) is 0 Å². The largest absolute Gasteiger partial charge is 0.481 e. The first-order valence-electron chi connectivity index (χ1n) is 7.82. The molecule has 3 rings (SSSR count). The van der Waals surface area contributed by atoms with Gasteiger partial charge in [-0.3, -0.25) is 0 Å². The van der Waals surface area contributed by atoms with Crippen LogP contribution in [0.2, 0.25) is 0 Å². The number of aromatic nitrogens is 3. The SMILES string of the molecule is COc1ccc(CN=C(N)N2CCN(c3ncccn3)CC2)cn1.I. The van der Waals surface area contributed by atoms with E-state index in [2.05, 4.69) is 29.7 Å². The Labute approximate surface area is 164 Å². The number of methoxy groups -OCH3 is 1. The van der Waals surface area contributed by atoms with Crippen molar-refractivity contribution in [1.82, 2.24) is 19.9 Å². The van der Waals surface area contributed by atoms with Crippen LogP contribution in [-0.4, -0.2) is 59.1 Å². The number of anilines is 1. The van der Waals surface area contributed by atoms with Crippen LogP contribution in [-0.2, 0) is 6.54 Å². The molecule has 0 amide bonds. The molecule has 3 heterocycles. The van der Waals surface area contributed by atoms with E-state index in [1.807, 2.05) is 18.2 Å². The number of nitrogens with two attached hydrogens (primary N) is 1. The second-order valence-corrected chi connectivity index (χ2v) is 5.41. The highest BCUT2D eigenvalue weighted by atomic mass is 127. The molecule has 2 N–H and O–H groups in total. The lowest BCUT2D eigenvalue weighted by atomic mass is 10.3. The lowest BCUT2D eigenvalue weighted by Gasteiger charge is -2.35. The molecule has 0 aliphatic carbocycles. The highest BCUT2D eigenvalue weighted by molar-refractivity contribution is 14.0. The third-order valence-corrected chi connectivity index (χ3v) is 3.87. The quantitative estimate of drug-likeness (QED) is 0.420. The van der Waals surface area contributed by atoms with Crippen LogP contribution in [0.1, 0.15) is 5.56 Å². The molecule has 8 nitrogen and oxygen atoms in total. The molecular formula is C16H22IN7O. The zero-order valence-electron chi connectivity index (χ0n) is 14.1. The second-order valence-electron chi connectivity index (χ2n) is 5.41. The van der Waals surface area contributed by atoms with Gasteiger partial charge in [-0.2, -0.15) is 0 Å². The zero-order chi connectivity index (χ0) is 16.8. The maximum Gasteiger partial charge on any atom is 0.225 e. The molecule has 1 aliphatic heterocycles. The molecule has 134 valence electrons. The summed E-state index contributed by atoms with van der Waals surface area (Å²) in [7, 11) is 1.60. The van der Waals surface area contributed by atoms with E-state index < -0.39 is 0 Å². The maximum atomic E-state index is 6.12. The van der Waals surface area contributed by atoms with Crippen molar-refractivity contribution in [3.8, 4) is 5.88 Å². The normalized spacial score (nSPS) is 14.8. The number of nitrogens with zero attached hydrogens (tertiary/aromatic N) is 6. The number of halogens is 1. The van der Waals surface area contributed by atoms with Crippen LogP contribution in [0.25, 0.3) is 0 Å². The minimum absolute atomic E-state index is 0. The number of hydrogen-bond donors (Lipinski definition) is 1. The highest BCUT2D eigenvalue weighted by Crippen LogP contribution is 2.10. The van der Waals surface area contributed by atoms with Crippen LogP contribution in [0.5, 0.6) is 5.88 Å². The minimum atomic E-state index is 0. The molecule has 0 unspecified atom stereocenters. The Morgan fingerprint density at radius 3 is 2.48 bits per heavy atom. The summed E-state index contributed by atoms with van der Waals surface area (Å²) in [5, 5.41) is 0. The van der Waals surface area contributed by atoms with Crippen molar-refractivity contribution >= 4 is 35.9 Å². The van der Waals surface area contributed by atoms with Gasteiger partial charge in [-0.25, -0.2) is 19.9 Å². The molecule has 2 aromatic heterocycles. The maximum absolute atomic E-state index is 6.12. The van der Waals surface area contributed by atoms with Gasteiger partial charge in [0.15, 0.2) is 5.96 Å². The molecule has 1 saturated heterocycles. The van der Waals surface area contributed by atoms with Crippen molar-refractivity contribution in [2.75, 3.05) is 38.2 Å². The average Bonchev–Trinajstić information content (AvgIpc) is 2.67. The first-order chi connectivity index (χ1) is 11.8. The lowest BCUT2D eigenvalue weighted by molar-refractivity contribution is 0.378. The number of rotatable bonds is 4. The van der Waals surface area contributed by atoms with Crippen molar-refractivity contribution in [1.29, 1.82) is 0 Å². The molecule has 0 aromatic carbocycles. The molecule has 0 atom stereocenters. The van der Waals surface area contributed by atoms with Crippen LogP contribution in [0, 0.1) is 0 Å². The molecule has 0 spiro atoms. The summed E-state index contributed by atoms with van der Waals surface area (Å²) < 4.78 is 5.04. The number of guanidine groups is 1. The van der Waals surface area contributed by atoms with Gasteiger partial charge < -0.3 is 20.3 Å². The van der Waals surface area contributed by atoms with Crippen LogP contribution < -0.4 is 15.4 Å². The van der Waals surface area contributed by atoms with E-state index in [-0.39, 0.29) is 24.0 Å². The number of ether oxygens (including phenoxy) is 1. The van der Waals surface area contributed by atoms with Crippen LogP contribution in [0.15, 0.2) is 41.8 Å². The van der Waals surface area contributed by atoms with E-state index in [1.54, 1.807) is 25.7 Å². The summed E-state index contributed by atoms with van der Waals surface area (Å²) in [6.07, 6.45) is 5.27. The third-order valence-electron chi connectivity index (χ3n) is 3.87. The van der Waals surface area contributed by atoms with E-state index in [9.17, 15) is 0 Å². The summed E-state index contributed by atoms with van der Waals surface area (Å²) >= 11 is 0. The van der Waals surface area contributed by atoms with E-state index in [0.29, 0.717) is 18.4 Å². The summed E-state index contributed by atoms with van der Waals surface area (Å²) in [6.45, 7) is 3.75. The highest BCUT2D eigenvalue weighted by Gasteiger charge is 2.19. The van der Waals surface area contributed by atoms with Gasteiger partial charge in [-0.1, -0.05) is 6.07 Å². The molecular weight excluding hydrogens is 433 g/mol. The number of pyridine rings is 1. The molecule has 0 saturated carbocycles. The molecule has 0 radical (unpaired) electrons. The van der Waals surface area contributed by atoms with Crippen molar-refractivity contribution in [2.45, 2.75) is 6.54 Å². The van der Waals surface area contributed by atoms with Gasteiger partial charge in [0.25, 0.3) is 0 Å². The lowest BCUT2D eigenvalue weighted by Crippen LogP contribution is -2.51. The predicted molar refractivity (Wildman–Crippen MR) is 107 cm³/mol. The number of piperazine rings is 1. The van der Waals surface area contributed by atoms with Gasteiger partial charge in [0.2, 0.25) is 11.8 Å². The van der Waals surface area contributed by atoms with Crippen molar-refractivity contribution in [2.24, 2.45) is 10.7 Å². The van der Waals surface area contributed by atoms with E-state index in [4.69, 9.17) is 10.5 Å². The standard InChI is InChI=1S/C16H21N7O.HI/c1-24-14-4-3-13(11-20-14)12-21-15(17)22-7-9-23(10-8-22)16-18-5-2-6-19-16;/h2-6,11H,7-10,12H2,1H3,(H2,17,21);1H. The molecule has 9 heteroatoms. The predicted octanol–water partition coefficient (Wildman–Crippen LogP) is 1.14. The van der Waals surface area contributed by atoms with Crippen molar-refractivity contribution < 1.29 is 4.74 Å². The first kappa shape index (κ1) is 19.2. The Bertz CT molecular complexity index is 673. The Hall–Kier alpha value is -2.17. The Morgan fingerprint density at radius 2 is 1.88 bits per heavy atom. The molecule has 2 aromatic rings. The van der Waals surface area contributed by atoms with Gasteiger partial charge in [0, 0.05) is 50.8 Å². The molecule has 25 heavy (non-hydrogen) atoms. The van der Waals surface area contributed by atoms with Crippen molar-refractivity contribution in [3.63, 3.8) is 0 Å². The fourth-order valence-corrected chi connectivity index (χ4v) is 2.49. The first-order valence-corrected chi connectivity index (χ1v) is 7.82. The fraction of sp³-hybridized carbons (Fsp3) is 0.375. The monoisotopic (exact) mass is 455 g/mol. The smallest absolute Gasteiger partial charge is 0.225 e. The average molecular weight is 455 g/mol. The molecule has 1 aliphatic rings. The topological polar surface area (TPSA) is 92.8 Å². The minimum Gasteiger partial charge on any atom is -0.481 e. The van der Waals surface area contributed by atoms with Gasteiger partial charge in [0.1, 0.15) is 0 Å². The van der Waals surface area contributed by atoms with Gasteiger partial charge in [-0.15, -0.1) is 24.0 Å². The van der Waals surface area contributed by atoms with Crippen LogP contribution in [0.4, 0.5) is 5.95 Å². The van der Waals surface area contributed by atoms with Crippen LogP contribution >= 0.6 is 24.0 Å². The Morgan fingerprint density at radius 1 is 1.16 bits per heavy atom. The number of aliphatic imine (C=N–C) groups is 1. The van der Waals surface area contributed by atoms with Gasteiger partial charge in [-0.05, 0) is 11.6 Å². The summed E-state index contributed by atoms with van der Waals surface area (Å²) in [5.74, 6) is 1.91. The second kappa shape index (κ2) is 9.35. The van der Waals surface area contributed by atoms with Gasteiger partial charge in [0.05, 0.1) is 13.7 Å². The van der Waals surface area contributed by atoms with E-state index in [1.165, 1.54) is 0 Å². The summed E-state index contributed by atoms with van der Waals surface area (Å²) in [5.41, 5.74) is 7.11. The van der Waals surface area contributed by atoms with E-state index >= 15 is 0 Å². The summed E-state index contributed by atoms with van der Waals surface area (Å²) in [6, 6.07) is 5.57. The molecule has 1 fully saturated rings. The van der Waals surface area contributed by atoms with Gasteiger partial charge >= 0.3 is 0 Å². The van der Waals surface area contributed by atoms with Crippen molar-refractivity contribution in [3.05, 3.63) is 42.4 Å².